The maximum atomic E-state index is 11.5. The maximum absolute atomic E-state index is 11.5. The molecule has 0 aliphatic heterocycles. The first-order chi connectivity index (χ1) is 8.22. The summed E-state index contributed by atoms with van der Waals surface area (Å²) in [6, 6.07) is 9.89. The molecule has 2 aromatic rings. The van der Waals surface area contributed by atoms with Gasteiger partial charge in [0.1, 0.15) is 13.1 Å². The highest BCUT2D eigenvalue weighted by atomic mass is 16.1. The number of nitrogens with zero attached hydrogens (tertiary/aromatic N) is 2. The molecule has 0 unspecified atom stereocenters. The molecule has 2 rings (SSSR count). The minimum absolute atomic E-state index is 0.0526. The summed E-state index contributed by atoms with van der Waals surface area (Å²) >= 11 is 0. The van der Waals surface area contributed by atoms with E-state index in [1.807, 2.05) is 48.0 Å². The Morgan fingerprint density at radius 1 is 1.47 bits per heavy atom. The van der Waals surface area contributed by atoms with Crippen molar-refractivity contribution >= 4 is 16.8 Å². The number of fused-ring (bicyclic) bond motifs is 1. The fraction of sp³-hybridized carbons (Fsp3) is 0.231. The molecule has 0 atom stereocenters. The molecule has 0 aliphatic carbocycles. The highest BCUT2D eigenvalue weighted by Crippen LogP contribution is 2.19. The van der Waals surface area contributed by atoms with Crippen LogP contribution in [0.5, 0.6) is 0 Å². The van der Waals surface area contributed by atoms with E-state index in [4.69, 9.17) is 5.26 Å². The Morgan fingerprint density at radius 3 is 3.06 bits per heavy atom. The van der Waals surface area contributed by atoms with Gasteiger partial charge < -0.3 is 9.88 Å². The minimum atomic E-state index is -0.148. The predicted octanol–water partition coefficient (Wildman–Crippen LogP) is 1.59. The number of rotatable bonds is 3. The lowest BCUT2D eigenvalue weighted by Gasteiger charge is -2.05. The van der Waals surface area contributed by atoms with E-state index in [0.717, 1.165) is 10.9 Å². The van der Waals surface area contributed by atoms with Crippen molar-refractivity contribution < 1.29 is 4.79 Å². The van der Waals surface area contributed by atoms with E-state index in [0.29, 0.717) is 0 Å². The molecule has 86 valence electrons. The lowest BCUT2D eigenvalue weighted by atomic mass is 10.1. The molecule has 0 fully saturated rings. The van der Waals surface area contributed by atoms with Crippen LogP contribution in [-0.2, 0) is 11.3 Å². The van der Waals surface area contributed by atoms with Gasteiger partial charge in [-0.15, -0.1) is 0 Å². The minimum Gasteiger partial charge on any atom is -0.341 e. The van der Waals surface area contributed by atoms with Crippen molar-refractivity contribution in [3.8, 4) is 6.07 Å². The summed E-state index contributed by atoms with van der Waals surface area (Å²) in [6.07, 6.45) is 1.89. The third-order valence-electron chi connectivity index (χ3n) is 2.71. The van der Waals surface area contributed by atoms with E-state index in [9.17, 15) is 4.79 Å². The number of aryl methyl sites for hydroxylation is 1. The van der Waals surface area contributed by atoms with Crippen LogP contribution in [-0.4, -0.2) is 17.0 Å². The molecule has 17 heavy (non-hydrogen) atoms. The topological polar surface area (TPSA) is 57.8 Å². The molecule has 0 bridgehead atoms. The zero-order valence-electron chi connectivity index (χ0n) is 9.60. The quantitative estimate of drug-likeness (QED) is 0.809. The molecular formula is C13H13N3O. The lowest BCUT2D eigenvalue weighted by Crippen LogP contribution is -2.27. The van der Waals surface area contributed by atoms with Gasteiger partial charge in [0.2, 0.25) is 5.91 Å². The summed E-state index contributed by atoms with van der Waals surface area (Å²) in [7, 11) is 0. The maximum Gasteiger partial charge on any atom is 0.240 e. The molecule has 4 nitrogen and oxygen atoms in total. The average Bonchev–Trinajstić information content (AvgIpc) is 2.71. The average molecular weight is 227 g/mol. The zero-order valence-corrected chi connectivity index (χ0v) is 9.60. The van der Waals surface area contributed by atoms with Gasteiger partial charge in [0.25, 0.3) is 0 Å². The summed E-state index contributed by atoms with van der Waals surface area (Å²) < 4.78 is 1.88. The normalized spacial score (nSPS) is 10.1. The van der Waals surface area contributed by atoms with Crippen molar-refractivity contribution in [2.24, 2.45) is 0 Å². The number of nitriles is 1. The monoisotopic (exact) mass is 227 g/mol. The number of hydrogen-bond acceptors (Lipinski definition) is 2. The smallest absolute Gasteiger partial charge is 0.240 e. The number of carbonyl (C=O) groups excluding carboxylic acids is 1. The van der Waals surface area contributed by atoms with E-state index in [2.05, 4.69) is 5.32 Å². The van der Waals surface area contributed by atoms with Crippen molar-refractivity contribution in [3.63, 3.8) is 0 Å². The van der Waals surface area contributed by atoms with Crippen LogP contribution in [0, 0.1) is 18.3 Å². The van der Waals surface area contributed by atoms with E-state index >= 15 is 0 Å². The first kappa shape index (κ1) is 11.2. The molecular weight excluding hydrogens is 214 g/mol. The van der Waals surface area contributed by atoms with Crippen molar-refractivity contribution in [2.45, 2.75) is 13.5 Å². The summed E-state index contributed by atoms with van der Waals surface area (Å²) in [5.74, 6) is -0.148. The van der Waals surface area contributed by atoms with Crippen molar-refractivity contribution in [1.82, 2.24) is 9.88 Å². The van der Waals surface area contributed by atoms with Gasteiger partial charge in [-0.1, -0.05) is 12.1 Å². The second-order valence-corrected chi connectivity index (χ2v) is 3.89. The highest BCUT2D eigenvalue weighted by molar-refractivity contribution is 5.85. The Hall–Kier alpha value is -2.28. The van der Waals surface area contributed by atoms with Crippen LogP contribution in [0.1, 0.15) is 5.56 Å². The van der Waals surface area contributed by atoms with Crippen molar-refractivity contribution in [2.75, 3.05) is 6.54 Å². The molecule has 0 saturated carbocycles. The Morgan fingerprint density at radius 2 is 2.29 bits per heavy atom. The Kier molecular flexibility index (Phi) is 3.10. The second kappa shape index (κ2) is 4.71. The molecule has 1 heterocycles. The van der Waals surface area contributed by atoms with Gasteiger partial charge in [-0.05, 0) is 24.6 Å². The van der Waals surface area contributed by atoms with Crippen LogP contribution >= 0.6 is 0 Å². The molecule has 0 spiro atoms. The molecule has 0 saturated heterocycles. The van der Waals surface area contributed by atoms with Crippen LogP contribution in [0.25, 0.3) is 10.9 Å². The predicted molar refractivity (Wildman–Crippen MR) is 65.3 cm³/mol. The van der Waals surface area contributed by atoms with Crippen LogP contribution in [0.15, 0.2) is 30.5 Å². The number of hydrogen-bond donors (Lipinski definition) is 1. The fourth-order valence-corrected chi connectivity index (χ4v) is 1.86. The standard InChI is InChI=1S/C13H13N3O/c1-10-3-2-4-12-11(10)5-8-16(12)9-13(17)15-7-6-14/h2-5,8H,7,9H2,1H3,(H,15,17). The van der Waals surface area contributed by atoms with Gasteiger partial charge in [0.15, 0.2) is 0 Å². The van der Waals surface area contributed by atoms with Gasteiger partial charge in [-0.25, -0.2) is 0 Å². The molecule has 1 amide bonds. The molecule has 4 heteroatoms. The number of carbonyl (C=O) groups is 1. The molecule has 0 aliphatic rings. The number of nitrogens with one attached hydrogen (secondary N) is 1. The molecule has 1 aromatic heterocycles. The largest absolute Gasteiger partial charge is 0.341 e. The van der Waals surface area contributed by atoms with E-state index in [1.165, 1.54) is 5.56 Å². The van der Waals surface area contributed by atoms with E-state index < -0.39 is 0 Å². The van der Waals surface area contributed by atoms with Gasteiger partial charge in [0, 0.05) is 17.1 Å². The van der Waals surface area contributed by atoms with E-state index in [-0.39, 0.29) is 19.0 Å². The van der Waals surface area contributed by atoms with Crippen LogP contribution in [0.4, 0.5) is 0 Å². The van der Waals surface area contributed by atoms with Crippen molar-refractivity contribution in [1.29, 1.82) is 5.26 Å². The van der Waals surface area contributed by atoms with Crippen molar-refractivity contribution in [3.05, 3.63) is 36.0 Å². The van der Waals surface area contributed by atoms with Crippen LogP contribution in [0.2, 0.25) is 0 Å². The van der Waals surface area contributed by atoms with Gasteiger partial charge >= 0.3 is 0 Å². The summed E-state index contributed by atoms with van der Waals surface area (Å²) in [5, 5.41) is 12.1. The fourth-order valence-electron chi connectivity index (χ4n) is 1.86. The zero-order chi connectivity index (χ0) is 12.3. The molecule has 1 N–H and O–H groups in total. The molecule has 0 radical (unpaired) electrons. The summed E-state index contributed by atoms with van der Waals surface area (Å²) in [4.78, 5) is 11.5. The number of amides is 1. The Balaban J connectivity index is 2.23. The highest BCUT2D eigenvalue weighted by Gasteiger charge is 2.06. The van der Waals surface area contributed by atoms with E-state index in [1.54, 1.807) is 0 Å². The third kappa shape index (κ3) is 2.28. The number of aromatic nitrogens is 1. The van der Waals surface area contributed by atoms with Gasteiger partial charge in [0.05, 0.1) is 6.07 Å². The lowest BCUT2D eigenvalue weighted by molar-refractivity contribution is -0.121. The van der Waals surface area contributed by atoms with Gasteiger partial charge in [-0.2, -0.15) is 5.26 Å². The van der Waals surface area contributed by atoms with Crippen LogP contribution < -0.4 is 5.32 Å². The third-order valence-corrected chi connectivity index (χ3v) is 2.71. The molecule has 1 aromatic carbocycles. The number of benzene rings is 1. The van der Waals surface area contributed by atoms with Crippen LogP contribution in [0.3, 0.4) is 0 Å². The van der Waals surface area contributed by atoms with Gasteiger partial charge in [-0.3, -0.25) is 4.79 Å². The first-order valence-corrected chi connectivity index (χ1v) is 5.40. The summed E-state index contributed by atoms with van der Waals surface area (Å²) in [6.45, 7) is 2.34. The SMILES string of the molecule is Cc1cccc2c1ccn2CC(=O)NCC#N. The Labute approximate surface area is 99.5 Å². The first-order valence-electron chi connectivity index (χ1n) is 5.40. The summed E-state index contributed by atoms with van der Waals surface area (Å²) in [5.41, 5.74) is 2.23. The second-order valence-electron chi connectivity index (χ2n) is 3.89. The Bertz CT molecular complexity index is 592.